The molecular weight excluding hydrogens is 217 g/mol. The number of hydrogen-bond acceptors (Lipinski definition) is 2. The third-order valence-corrected chi connectivity index (χ3v) is 2.75. The zero-order valence-electron chi connectivity index (χ0n) is 9.81. The van der Waals surface area contributed by atoms with E-state index in [1.807, 2.05) is 26.0 Å². The molecule has 0 amide bonds. The number of nitrogens with zero attached hydrogens (tertiary/aromatic N) is 1. The molecule has 0 spiro atoms. The van der Waals surface area contributed by atoms with Gasteiger partial charge in [0.1, 0.15) is 11.9 Å². The van der Waals surface area contributed by atoms with Crippen molar-refractivity contribution in [2.75, 3.05) is 0 Å². The zero-order valence-corrected chi connectivity index (χ0v) is 9.81. The fraction of sp³-hybridized carbons (Fsp3) is 0.214. The van der Waals surface area contributed by atoms with Gasteiger partial charge in [0.25, 0.3) is 0 Å². The Morgan fingerprint density at radius 1 is 1.06 bits per heavy atom. The van der Waals surface area contributed by atoms with Gasteiger partial charge in [0.15, 0.2) is 0 Å². The number of rotatable bonds is 2. The first-order chi connectivity index (χ1) is 8.08. The standard InChI is InChI=1S/C14H14FNO/c1-9-3-8-13(10(2)16-9)14(17)11-4-6-12(15)7-5-11/h3-8,14,17H,1-2H3. The molecule has 2 nitrogen and oxygen atoms in total. The van der Waals surface area contributed by atoms with E-state index in [9.17, 15) is 9.50 Å². The normalized spacial score (nSPS) is 12.5. The van der Waals surface area contributed by atoms with Crippen LogP contribution < -0.4 is 0 Å². The second kappa shape index (κ2) is 4.63. The molecule has 0 aliphatic carbocycles. The van der Waals surface area contributed by atoms with E-state index in [1.165, 1.54) is 12.1 Å². The van der Waals surface area contributed by atoms with Gasteiger partial charge in [-0.3, -0.25) is 4.98 Å². The van der Waals surface area contributed by atoms with E-state index in [2.05, 4.69) is 4.98 Å². The summed E-state index contributed by atoms with van der Waals surface area (Å²) in [7, 11) is 0. The molecular formula is C14H14FNO. The predicted octanol–water partition coefficient (Wildman–Crippen LogP) is 2.92. The molecule has 0 radical (unpaired) electrons. The highest BCUT2D eigenvalue weighted by molar-refractivity contribution is 5.32. The molecule has 1 N–H and O–H groups in total. The highest BCUT2D eigenvalue weighted by Crippen LogP contribution is 2.24. The van der Waals surface area contributed by atoms with Crippen LogP contribution in [-0.4, -0.2) is 10.1 Å². The molecule has 0 bridgehead atoms. The number of aromatic nitrogens is 1. The molecule has 0 fully saturated rings. The molecule has 1 atom stereocenters. The summed E-state index contributed by atoms with van der Waals surface area (Å²) in [5.74, 6) is -0.306. The van der Waals surface area contributed by atoms with E-state index < -0.39 is 6.10 Å². The number of hydrogen-bond donors (Lipinski definition) is 1. The van der Waals surface area contributed by atoms with E-state index in [1.54, 1.807) is 12.1 Å². The van der Waals surface area contributed by atoms with Crippen LogP contribution in [0.4, 0.5) is 4.39 Å². The average molecular weight is 231 g/mol. The zero-order chi connectivity index (χ0) is 12.4. The Kier molecular flexibility index (Phi) is 3.20. The Morgan fingerprint density at radius 2 is 1.71 bits per heavy atom. The van der Waals surface area contributed by atoms with Crippen molar-refractivity contribution >= 4 is 0 Å². The molecule has 0 aliphatic heterocycles. The SMILES string of the molecule is Cc1ccc(C(O)c2ccc(F)cc2)c(C)n1. The third-order valence-electron chi connectivity index (χ3n) is 2.75. The maximum absolute atomic E-state index is 12.8. The summed E-state index contributed by atoms with van der Waals surface area (Å²) in [6, 6.07) is 9.56. The first kappa shape index (κ1) is 11.7. The number of benzene rings is 1. The Labute approximate surface area is 99.8 Å². The average Bonchev–Trinajstić information content (AvgIpc) is 2.29. The molecule has 0 saturated carbocycles. The maximum Gasteiger partial charge on any atom is 0.123 e. The van der Waals surface area contributed by atoms with Crippen LogP contribution in [0.5, 0.6) is 0 Å². The van der Waals surface area contributed by atoms with Crippen LogP contribution >= 0.6 is 0 Å². The first-order valence-corrected chi connectivity index (χ1v) is 5.45. The lowest BCUT2D eigenvalue weighted by molar-refractivity contribution is 0.219. The summed E-state index contributed by atoms with van der Waals surface area (Å²) in [5, 5.41) is 10.2. The van der Waals surface area contributed by atoms with Gasteiger partial charge >= 0.3 is 0 Å². The quantitative estimate of drug-likeness (QED) is 0.862. The fourth-order valence-electron chi connectivity index (χ4n) is 1.81. The van der Waals surface area contributed by atoms with E-state index >= 15 is 0 Å². The number of pyridine rings is 1. The van der Waals surface area contributed by atoms with Crippen molar-refractivity contribution in [3.8, 4) is 0 Å². The lowest BCUT2D eigenvalue weighted by atomic mass is 10.0. The highest BCUT2D eigenvalue weighted by Gasteiger charge is 2.13. The largest absolute Gasteiger partial charge is 0.384 e. The minimum atomic E-state index is -0.760. The molecule has 1 aromatic heterocycles. The Morgan fingerprint density at radius 3 is 2.29 bits per heavy atom. The van der Waals surface area contributed by atoms with Crippen molar-refractivity contribution in [1.29, 1.82) is 0 Å². The molecule has 3 heteroatoms. The van der Waals surface area contributed by atoms with Crippen LogP contribution in [0.15, 0.2) is 36.4 Å². The minimum Gasteiger partial charge on any atom is -0.384 e. The second-order valence-corrected chi connectivity index (χ2v) is 4.08. The minimum absolute atomic E-state index is 0.306. The van der Waals surface area contributed by atoms with E-state index in [-0.39, 0.29) is 5.82 Å². The Balaban J connectivity index is 2.36. The van der Waals surface area contributed by atoms with Crippen molar-refractivity contribution < 1.29 is 9.50 Å². The van der Waals surface area contributed by atoms with Gasteiger partial charge < -0.3 is 5.11 Å². The molecule has 17 heavy (non-hydrogen) atoms. The molecule has 1 unspecified atom stereocenters. The van der Waals surface area contributed by atoms with Gasteiger partial charge in [-0.15, -0.1) is 0 Å². The summed E-state index contributed by atoms with van der Waals surface area (Å²) >= 11 is 0. The first-order valence-electron chi connectivity index (χ1n) is 5.45. The van der Waals surface area contributed by atoms with Crippen LogP contribution in [0, 0.1) is 19.7 Å². The second-order valence-electron chi connectivity index (χ2n) is 4.08. The van der Waals surface area contributed by atoms with E-state index in [0.29, 0.717) is 5.56 Å². The fourth-order valence-corrected chi connectivity index (χ4v) is 1.81. The maximum atomic E-state index is 12.8. The van der Waals surface area contributed by atoms with Crippen molar-refractivity contribution in [1.82, 2.24) is 4.98 Å². The summed E-state index contributed by atoms with van der Waals surface area (Å²) in [6.45, 7) is 3.76. The summed E-state index contributed by atoms with van der Waals surface area (Å²) in [5.41, 5.74) is 3.13. The molecule has 1 aromatic carbocycles. The van der Waals surface area contributed by atoms with Crippen LogP contribution in [-0.2, 0) is 0 Å². The van der Waals surface area contributed by atoms with Gasteiger partial charge in [-0.2, -0.15) is 0 Å². The van der Waals surface area contributed by atoms with Crippen molar-refractivity contribution in [3.63, 3.8) is 0 Å². The highest BCUT2D eigenvalue weighted by atomic mass is 19.1. The number of aryl methyl sites for hydroxylation is 2. The number of aliphatic hydroxyl groups excluding tert-OH is 1. The van der Waals surface area contributed by atoms with Crippen LogP contribution in [0.3, 0.4) is 0 Å². The Hall–Kier alpha value is -1.74. The van der Waals surface area contributed by atoms with Crippen LogP contribution in [0.1, 0.15) is 28.6 Å². The van der Waals surface area contributed by atoms with Crippen molar-refractivity contribution in [2.45, 2.75) is 20.0 Å². The van der Waals surface area contributed by atoms with Gasteiger partial charge in [0, 0.05) is 17.0 Å². The van der Waals surface area contributed by atoms with Gasteiger partial charge in [-0.25, -0.2) is 4.39 Å². The molecule has 1 heterocycles. The third kappa shape index (κ3) is 2.50. The molecule has 2 rings (SSSR count). The number of halogens is 1. The molecule has 0 saturated heterocycles. The van der Waals surface area contributed by atoms with Crippen molar-refractivity contribution in [2.24, 2.45) is 0 Å². The van der Waals surface area contributed by atoms with E-state index in [4.69, 9.17) is 0 Å². The van der Waals surface area contributed by atoms with Crippen molar-refractivity contribution in [3.05, 3.63) is 64.7 Å². The Bertz CT molecular complexity index is 522. The smallest absolute Gasteiger partial charge is 0.123 e. The monoisotopic (exact) mass is 231 g/mol. The van der Waals surface area contributed by atoms with Gasteiger partial charge in [-0.1, -0.05) is 18.2 Å². The van der Waals surface area contributed by atoms with Crippen LogP contribution in [0.2, 0.25) is 0 Å². The summed E-state index contributed by atoms with van der Waals surface area (Å²) in [4.78, 5) is 4.30. The van der Waals surface area contributed by atoms with Crippen LogP contribution in [0.25, 0.3) is 0 Å². The lowest BCUT2D eigenvalue weighted by Gasteiger charge is -2.13. The number of aliphatic hydroxyl groups is 1. The lowest BCUT2D eigenvalue weighted by Crippen LogP contribution is -2.04. The van der Waals surface area contributed by atoms with E-state index in [0.717, 1.165) is 17.0 Å². The van der Waals surface area contributed by atoms with Gasteiger partial charge in [0.2, 0.25) is 0 Å². The predicted molar refractivity (Wildman–Crippen MR) is 64.2 cm³/mol. The van der Waals surface area contributed by atoms with Gasteiger partial charge in [-0.05, 0) is 37.6 Å². The summed E-state index contributed by atoms with van der Waals surface area (Å²) in [6.07, 6.45) is -0.760. The topological polar surface area (TPSA) is 33.1 Å². The molecule has 88 valence electrons. The van der Waals surface area contributed by atoms with Gasteiger partial charge in [0.05, 0.1) is 0 Å². The summed E-state index contributed by atoms with van der Waals surface area (Å²) < 4.78 is 12.8. The molecule has 2 aromatic rings. The molecule has 0 aliphatic rings.